The Balaban J connectivity index is 1.42. The van der Waals surface area contributed by atoms with Gasteiger partial charge in [0.05, 0.1) is 12.0 Å². The highest BCUT2D eigenvalue weighted by Gasteiger charge is 2.43. The van der Waals surface area contributed by atoms with Gasteiger partial charge in [0.15, 0.2) is 0 Å². The maximum Gasteiger partial charge on any atom is 0.237 e. The van der Waals surface area contributed by atoms with Crippen molar-refractivity contribution in [3.05, 3.63) is 29.3 Å². The second kappa shape index (κ2) is 7.51. The molecule has 0 aliphatic carbocycles. The molecule has 3 amide bonds. The van der Waals surface area contributed by atoms with E-state index >= 15 is 0 Å². The molecule has 7 nitrogen and oxygen atoms in total. The Bertz CT molecular complexity index is 906. The van der Waals surface area contributed by atoms with Crippen molar-refractivity contribution in [1.82, 2.24) is 10.2 Å². The minimum absolute atomic E-state index is 0.00791. The molecule has 3 saturated heterocycles. The molecule has 4 atom stereocenters. The summed E-state index contributed by atoms with van der Waals surface area (Å²) in [5.74, 6) is -1.09. The van der Waals surface area contributed by atoms with Crippen LogP contribution in [0.2, 0.25) is 0 Å². The summed E-state index contributed by atoms with van der Waals surface area (Å²) in [6.07, 6.45) is 1.42. The summed E-state index contributed by atoms with van der Waals surface area (Å²) in [6.45, 7) is 5.57. The number of carbonyl (C=O) groups is 3. The lowest BCUT2D eigenvalue weighted by Crippen LogP contribution is -2.58. The first-order chi connectivity index (χ1) is 13.9. The number of hydrogen-bond acceptors (Lipinski definition) is 4. The second-order valence-corrected chi connectivity index (χ2v) is 8.54. The molecule has 29 heavy (non-hydrogen) atoms. The quantitative estimate of drug-likeness (QED) is 0.823. The van der Waals surface area contributed by atoms with Gasteiger partial charge in [0, 0.05) is 37.8 Å². The number of likely N-dealkylation sites (tertiary alicyclic amines) is 1. The van der Waals surface area contributed by atoms with E-state index in [4.69, 9.17) is 5.26 Å². The van der Waals surface area contributed by atoms with Gasteiger partial charge in [-0.25, -0.2) is 0 Å². The van der Waals surface area contributed by atoms with E-state index in [1.807, 2.05) is 36.9 Å². The van der Waals surface area contributed by atoms with Crippen molar-refractivity contribution in [3.8, 4) is 6.07 Å². The lowest BCUT2D eigenvalue weighted by molar-refractivity contribution is -0.139. The molecule has 1 N–H and O–H groups in total. The van der Waals surface area contributed by atoms with E-state index in [0.717, 1.165) is 11.3 Å². The number of aryl methyl sites for hydroxylation is 2. The molecule has 3 fully saturated rings. The van der Waals surface area contributed by atoms with Gasteiger partial charge in [-0.3, -0.25) is 14.4 Å². The summed E-state index contributed by atoms with van der Waals surface area (Å²) in [5, 5.41) is 12.1. The SMILES string of the molecule is Cc1ccc(N2CC(C(=O)N3CCC4NC(=O)C(C#N)CC4C3)CC2=O)cc1C. The summed E-state index contributed by atoms with van der Waals surface area (Å²) in [5.41, 5.74) is 3.14. The third-order valence-electron chi connectivity index (χ3n) is 6.66. The normalized spacial score (nSPS) is 29.3. The van der Waals surface area contributed by atoms with Gasteiger partial charge in [0.1, 0.15) is 5.92 Å². The highest BCUT2D eigenvalue weighted by molar-refractivity contribution is 6.00. The largest absolute Gasteiger partial charge is 0.352 e. The third kappa shape index (κ3) is 3.59. The minimum atomic E-state index is -0.639. The number of fused-ring (bicyclic) bond motifs is 1. The molecule has 3 heterocycles. The van der Waals surface area contributed by atoms with Crippen LogP contribution in [0.4, 0.5) is 5.69 Å². The maximum atomic E-state index is 13.1. The van der Waals surface area contributed by atoms with Crippen LogP contribution in [-0.4, -0.2) is 48.3 Å². The topological polar surface area (TPSA) is 93.5 Å². The van der Waals surface area contributed by atoms with Crippen molar-refractivity contribution in [2.45, 2.75) is 39.2 Å². The molecule has 0 spiro atoms. The monoisotopic (exact) mass is 394 g/mol. The zero-order chi connectivity index (χ0) is 20.7. The number of carbonyl (C=O) groups excluding carboxylic acids is 3. The van der Waals surface area contributed by atoms with Gasteiger partial charge < -0.3 is 15.1 Å². The van der Waals surface area contributed by atoms with Crippen LogP contribution in [0.5, 0.6) is 0 Å². The van der Waals surface area contributed by atoms with Crippen LogP contribution in [0.3, 0.4) is 0 Å². The van der Waals surface area contributed by atoms with Crippen molar-refractivity contribution < 1.29 is 14.4 Å². The van der Waals surface area contributed by atoms with Gasteiger partial charge in [-0.05, 0) is 55.9 Å². The first-order valence-corrected chi connectivity index (χ1v) is 10.2. The molecule has 7 heteroatoms. The van der Waals surface area contributed by atoms with Gasteiger partial charge in [-0.2, -0.15) is 5.26 Å². The van der Waals surface area contributed by atoms with E-state index in [2.05, 4.69) is 11.4 Å². The van der Waals surface area contributed by atoms with E-state index < -0.39 is 5.92 Å². The molecule has 0 bridgehead atoms. The Morgan fingerprint density at radius 1 is 1.21 bits per heavy atom. The predicted octanol–water partition coefficient (Wildman–Crippen LogP) is 1.53. The number of hydrogen-bond donors (Lipinski definition) is 1. The van der Waals surface area contributed by atoms with Crippen LogP contribution in [-0.2, 0) is 14.4 Å². The Hall–Kier alpha value is -2.88. The fourth-order valence-electron chi connectivity index (χ4n) is 4.74. The Morgan fingerprint density at radius 3 is 2.72 bits per heavy atom. The number of nitrogens with one attached hydrogen (secondary N) is 1. The van der Waals surface area contributed by atoms with Crippen LogP contribution in [0.1, 0.15) is 30.4 Å². The molecular weight excluding hydrogens is 368 g/mol. The molecule has 3 aliphatic rings. The van der Waals surface area contributed by atoms with Crippen LogP contribution < -0.4 is 10.2 Å². The van der Waals surface area contributed by atoms with E-state index in [1.54, 1.807) is 4.90 Å². The number of rotatable bonds is 2. The fraction of sp³-hybridized carbons (Fsp3) is 0.545. The van der Waals surface area contributed by atoms with Gasteiger partial charge in [-0.1, -0.05) is 6.07 Å². The highest BCUT2D eigenvalue weighted by Crippen LogP contribution is 2.32. The molecule has 1 aromatic carbocycles. The summed E-state index contributed by atoms with van der Waals surface area (Å²) in [4.78, 5) is 41.2. The van der Waals surface area contributed by atoms with E-state index in [1.165, 1.54) is 5.56 Å². The number of nitriles is 1. The van der Waals surface area contributed by atoms with Gasteiger partial charge >= 0.3 is 0 Å². The number of benzene rings is 1. The zero-order valence-electron chi connectivity index (χ0n) is 16.9. The molecular formula is C22H26N4O3. The first kappa shape index (κ1) is 19.4. The number of piperidine rings is 2. The predicted molar refractivity (Wildman–Crippen MR) is 107 cm³/mol. The maximum absolute atomic E-state index is 13.1. The van der Waals surface area contributed by atoms with Crippen LogP contribution >= 0.6 is 0 Å². The number of amides is 3. The lowest BCUT2D eigenvalue weighted by atomic mass is 9.80. The van der Waals surface area contributed by atoms with Crippen molar-refractivity contribution in [2.75, 3.05) is 24.5 Å². The van der Waals surface area contributed by atoms with Gasteiger partial charge in [0.25, 0.3) is 0 Å². The number of nitrogens with zero attached hydrogens (tertiary/aromatic N) is 3. The van der Waals surface area contributed by atoms with Gasteiger partial charge in [-0.15, -0.1) is 0 Å². The molecule has 152 valence electrons. The summed E-state index contributed by atoms with van der Waals surface area (Å²) < 4.78 is 0. The number of anilines is 1. The molecule has 0 radical (unpaired) electrons. The lowest BCUT2D eigenvalue weighted by Gasteiger charge is -2.43. The first-order valence-electron chi connectivity index (χ1n) is 10.2. The zero-order valence-corrected chi connectivity index (χ0v) is 16.9. The smallest absolute Gasteiger partial charge is 0.237 e. The van der Waals surface area contributed by atoms with E-state index in [9.17, 15) is 14.4 Å². The van der Waals surface area contributed by atoms with Gasteiger partial charge in [0.2, 0.25) is 17.7 Å². The van der Waals surface area contributed by atoms with Crippen LogP contribution in [0, 0.1) is 42.9 Å². The fourth-order valence-corrected chi connectivity index (χ4v) is 4.74. The Kier molecular flexibility index (Phi) is 5.03. The average molecular weight is 394 g/mol. The average Bonchev–Trinajstić information content (AvgIpc) is 3.10. The Labute approximate surface area is 170 Å². The van der Waals surface area contributed by atoms with Crippen molar-refractivity contribution >= 4 is 23.4 Å². The van der Waals surface area contributed by atoms with Crippen molar-refractivity contribution in [2.24, 2.45) is 17.8 Å². The summed E-state index contributed by atoms with van der Waals surface area (Å²) >= 11 is 0. The Morgan fingerprint density at radius 2 is 2.00 bits per heavy atom. The van der Waals surface area contributed by atoms with Crippen molar-refractivity contribution in [3.63, 3.8) is 0 Å². The molecule has 4 rings (SSSR count). The molecule has 4 unspecified atom stereocenters. The molecule has 1 aromatic rings. The molecule has 3 aliphatic heterocycles. The molecule has 0 saturated carbocycles. The summed E-state index contributed by atoms with van der Waals surface area (Å²) in [6, 6.07) is 8.03. The molecule has 0 aromatic heterocycles. The highest BCUT2D eigenvalue weighted by atomic mass is 16.2. The van der Waals surface area contributed by atoms with E-state index in [-0.39, 0.29) is 42.0 Å². The summed E-state index contributed by atoms with van der Waals surface area (Å²) in [7, 11) is 0. The van der Waals surface area contributed by atoms with Crippen molar-refractivity contribution in [1.29, 1.82) is 5.26 Å². The minimum Gasteiger partial charge on any atom is -0.352 e. The van der Waals surface area contributed by atoms with Crippen LogP contribution in [0.15, 0.2) is 18.2 Å². The standard InChI is InChI=1S/C22H26N4O3/c1-13-3-4-18(7-14(13)2)26-12-17(9-20(26)27)22(29)25-6-5-19-16(11-25)8-15(10-23)21(28)24-19/h3-4,7,15-17,19H,5-6,8-9,11-12H2,1-2H3,(H,24,28). The third-order valence-corrected chi connectivity index (χ3v) is 6.66. The van der Waals surface area contributed by atoms with Crippen LogP contribution in [0.25, 0.3) is 0 Å². The second-order valence-electron chi connectivity index (χ2n) is 8.54. The van der Waals surface area contributed by atoms with E-state index in [0.29, 0.717) is 32.5 Å².